The van der Waals surface area contributed by atoms with Gasteiger partial charge in [0.2, 0.25) is 0 Å². The second kappa shape index (κ2) is 6.41. The minimum absolute atomic E-state index is 0.832. The van der Waals surface area contributed by atoms with Gasteiger partial charge in [-0.05, 0) is 25.2 Å². The maximum absolute atomic E-state index is 6.16. The molecule has 0 aliphatic rings. The van der Waals surface area contributed by atoms with Gasteiger partial charge in [-0.25, -0.2) is 4.98 Å². The van der Waals surface area contributed by atoms with Crippen LogP contribution in [0.2, 0.25) is 0 Å². The number of fused-ring (bicyclic) bond motifs is 1. The Morgan fingerprint density at radius 3 is 2.83 bits per heavy atom. The Labute approximate surface area is 116 Å². The van der Waals surface area contributed by atoms with Gasteiger partial charge in [0.05, 0.1) is 15.9 Å². The molecule has 0 radical (unpaired) electrons. The van der Waals surface area contributed by atoms with E-state index in [1.807, 2.05) is 17.3 Å². The highest BCUT2D eigenvalue weighted by Gasteiger charge is 2.07. The largest absolute Gasteiger partial charge is 0.396 e. The molecule has 18 heavy (non-hydrogen) atoms. The number of rotatable bonds is 6. The Balaban J connectivity index is 2.01. The molecule has 0 aliphatic carbocycles. The van der Waals surface area contributed by atoms with Gasteiger partial charge in [0.25, 0.3) is 0 Å². The molecule has 1 aromatic heterocycles. The van der Waals surface area contributed by atoms with Crippen molar-refractivity contribution < 1.29 is 0 Å². The van der Waals surface area contributed by atoms with Crippen LogP contribution in [-0.4, -0.2) is 35.3 Å². The molecule has 0 unspecified atom stereocenters. The van der Waals surface area contributed by atoms with E-state index < -0.39 is 0 Å². The van der Waals surface area contributed by atoms with Crippen molar-refractivity contribution in [1.82, 2.24) is 9.88 Å². The third-order valence-corrected chi connectivity index (χ3v) is 4.91. The molecule has 2 N–H and O–H groups in total. The lowest BCUT2D eigenvalue weighted by Gasteiger charge is -2.17. The van der Waals surface area contributed by atoms with E-state index >= 15 is 0 Å². The van der Waals surface area contributed by atoms with E-state index in [1.165, 1.54) is 4.70 Å². The lowest BCUT2D eigenvalue weighted by atomic mass is 10.3. The zero-order valence-electron chi connectivity index (χ0n) is 10.8. The van der Waals surface area contributed by atoms with Gasteiger partial charge >= 0.3 is 0 Å². The highest BCUT2D eigenvalue weighted by atomic mass is 32.2. The van der Waals surface area contributed by atoms with E-state index in [1.54, 1.807) is 11.3 Å². The third kappa shape index (κ3) is 2.96. The van der Waals surface area contributed by atoms with Crippen LogP contribution in [0.1, 0.15) is 13.8 Å². The monoisotopic (exact) mass is 281 g/mol. The SMILES string of the molecule is CCN(CC)CCSc1ccc2scnc2c1N. The molecule has 0 saturated carbocycles. The van der Waals surface area contributed by atoms with Crippen LogP contribution in [0.4, 0.5) is 5.69 Å². The Morgan fingerprint density at radius 1 is 1.33 bits per heavy atom. The third-order valence-electron chi connectivity index (χ3n) is 3.06. The highest BCUT2D eigenvalue weighted by Crippen LogP contribution is 2.32. The summed E-state index contributed by atoms with van der Waals surface area (Å²) in [5, 5.41) is 0. The van der Waals surface area contributed by atoms with Gasteiger partial charge in [0.15, 0.2) is 0 Å². The zero-order chi connectivity index (χ0) is 13.0. The summed E-state index contributed by atoms with van der Waals surface area (Å²) in [6.45, 7) is 7.72. The van der Waals surface area contributed by atoms with E-state index in [-0.39, 0.29) is 0 Å². The molecule has 5 heteroatoms. The maximum atomic E-state index is 6.16. The van der Waals surface area contributed by atoms with Gasteiger partial charge in [-0.1, -0.05) is 13.8 Å². The summed E-state index contributed by atoms with van der Waals surface area (Å²) in [6, 6.07) is 4.23. The summed E-state index contributed by atoms with van der Waals surface area (Å²) in [6.07, 6.45) is 0. The molecule has 1 heterocycles. The molecule has 0 atom stereocenters. The van der Waals surface area contributed by atoms with Crippen LogP contribution in [0.3, 0.4) is 0 Å². The predicted octanol–water partition coefficient (Wildman–Crippen LogP) is 3.31. The fourth-order valence-electron chi connectivity index (χ4n) is 1.88. The number of thioether (sulfide) groups is 1. The van der Waals surface area contributed by atoms with Crippen molar-refractivity contribution in [2.24, 2.45) is 0 Å². The van der Waals surface area contributed by atoms with Crippen LogP contribution in [0.25, 0.3) is 10.2 Å². The van der Waals surface area contributed by atoms with E-state index in [2.05, 4.69) is 35.9 Å². The minimum Gasteiger partial charge on any atom is -0.396 e. The molecule has 98 valence electrons. The van der Waals surface area contributed by atoms with Crippen molar-refractivity contribution in [2.45, 2.75) is 18.7 Å². The van der Waals surface area contributed by atoms with Gasteiger partial charge in [0.1, 0.15) is 5.52 Å². The fourth-order valence-corrected chi connectivity index (χ4v) is 3.56. The van der Waals surface area contributed by atoms with Crippen LogP contribution >= 0.6 is 23.1 Å². The normalized spacial score (nSPS) is 11.5. The van der Waals surface area contributed by atoms with Gasteiger partial charge in [0, 0.05) is 17.2 Å². The lowest BCUT2D eigenvalue weighted by Crippen LogP contribution is -2.25. The minimum atomic E-state index is 0.832. The van der Waals surface area contributed by atoms with Crippen LogP contribution in [-0.2, 0) is 0 Å². The number of hydrogen-bond donors (Lipinski definition) is 1. The first-order valence-corrected chi connectivity index (χ1v) is 8.09. The summed E-state index contributed by atoms with van der Waals surface area (Å²) in [5.74, 6) is 1.07. The number of nitrogens with two attached hydrogens (primary N) is 1. The Bertz CT molecular complexity index is 506. The molecular formula is C13H19N3S2. The summed E-state index contributed by atoms with van der Waals surface area (Å²) in [5.41, 5.74) is 9.79. The maximum Gasteiger partial charge on any atom is 0.105 e. The van der Waals surface area contributed by atoms with Crippen LogP contribution < -0.4 is 5.73 Å². The topological polar surface area (TPSA) is 42.2 Å². The van der Waals surface area contributed by atoms with E-state index in [4.69, 9.17) is 5.73 Å². The summed E-state index contributed by atoms with van der Waals surface area (Å²) in [7, 11) is 0. The second-order valence-electron chi connectivity index (χ2n) is 4.05. The Hall–Kier alpha value is -0.780. The first-order chi connectivity index (χ1) is 8.76. The quantitative estimate of drug-likeness (QED) is 0.651. The molecule has 0 spiro atoms. The molecule has 2 aromatic rings. The summed E-state index contributed by atoms with van der Waals surface area (Å²) in [4.78, 5) is 7.90. The second-order valence-corrected chi connectivity index (χ2v) is 6.07. The fraction of sp³-hybridized carbons (Fsp3) is 0.462. The zero-order valence-corrected chi connectivity index (χ0v) is 12.5. The smallest absolute Gasteiger partial charge is 0.105 e. The molecule has 3 nitrogen and oxygen atoms in total. The van der Waals surface area contributed by atoms with Crippen molar-refractivity contribution in [1.29, 1.82) is 0 Å². The molecule has 0 fully saturated rings. The van der Waals surface area contributed by atoms with Crippen molar-refractivity contribution >= 4 is 39.0 Å². The van der Waals surface area contributed by atoms with Gasteiger partial charge < -0.3 is 10.6 Å². The van der Waals surface area contributed by atoms with Crippen molar-refractivity contribution in [3.63, 3.8) is 0 Å². The standard InChI is InChI=1S/C13H19N3S2/c1-3-16(4-2)7-8-17-10-5-6-11-13(12(10)14)15-9-18-11/h5-6,9H,3-4,7-8,14H2,1-2H3. The van der Waals surface area contributed by atoms with Gasteiger partial charge in [-0.15, -0.1) is 23.1 Å². The molecule has 0 bridgehead atoms. The van der Waals surface area contributed by atoms with Crippen molar-refractivity contribution in [3.05, 3.63) is 17.6 Å². The highest BCUT2D eigenvalue weighted by molar-refractivity contribution is 7.99. The van der Waals surface area contributed by atoms with Crippen LogP contribution in [0.5, 0.6) is 0 Å². The Morgan fingerprint density at radius 2 is 2.11 bits per heavy atom. The molecule has 0 saturated heterocycles. The molecule has 1 aromatic carbocycles. The van der Waals surface area contributed by atoms with Crippen LogP contribution in [0.15, 0.2) is 22.5 Å². The first kappa shape index (κ1) is 13.6. The first-order valence-electron chi connectivity index (χ1n) is 6.23. The summed E-state index contributed by atoms with van der Waals surface area (Å²) < 4.78 is 1.17. The average Bonchev–Trinajstić information content (AvgIpc) is 2.86. The van der Waals surface area contributed by atoms with Crippen molar-refractivity contribution in [2.75, 3.05) is 31.1 Å². The number of nitrogen functional groups attached to an aromatic ring is 1. The van der Waals surface area contributed by atoms with Gasteiger partial charge in [-0.2, -0.15) is 0 Å². The van der Waals surface area contributed by atoms with Crippen LogP contribution in [0, 0.1) is 0 Å². The molecule has 0 aliphatic heterocycles. The summed E-state index contributed by atoms with van der Waals surface area (Å²) >= 11 is 3.46. The number of hydrogen-bond acceptors (Lipinski definition) is 5. The number of benzene rings is 1. The lowest BCUT2D eigenvalue weighted by molar-refractivity contribution is 0.324. The van der Waals surface area contributed by atoms with Crippen molar-refractivity contribution in [3.8, 4) is 0 Å². The van der Waals surface area contributed by atoms with E-state index in [0.717, 1.165) is 41.5 Å². The number of thiazole rings is 1. The molecule has 0 amide bonds. The number of aromatic nitrogens is 1. The van der Waals surface area contributed by atoms with Gasteiger partial charge in [-0.3, -0.25) is 0 Å². The molecular weight excluding hydrogens is 262 g/mol. The Kier molecular flexibility index (Phi) is 4.86. The predicted molar refractivity (Wildman–Crippen MR) is 82.5 cm³/mol. The van der Waals surface area contributed by atoms with E-state index in [9.17, 15) is 0 Å². The average molecular weight is 281 g/mol. The van der Waals surface area contributed by atoms with E-state index in [0.29, 0.717) is 0 Å². The number of nitrogens with zero attached hydrogens (tertiary/aromatic N) is 2. The number of anilines is 1. The molecule has 2 rings (SSSR count).